The number of aliphatic hydroxyl groups excluding tert-OH is 1. The Hall–Kier alpha value is 0.0969. The van der Waals surface area contributed by atoms with Crippen molar-refractivity contribution in [2.75, 3.05) is 20.4 Å². The van der Waals surface area contributed by atoms with E-state index in [1.165, 1.54) is 0 Å². The second-order valence-corrected chi connectivity index (χ2v) is 6.03. The Morgan fingerprint density at radius 1 is 1.27 bits per heavy atom. The molecule has 0 amide bonds. The molecule has 0 aliphatic heterocycles. The van der Waals surface area contributed by atoms with Gasteiger partial charge in [-0.2, -0.15) is 0 Å². The zero-order chi connectivity index (χ0) is 8.74. The minimum atomic E-state index is -2.18. The fourth-order valence-electron chi connectivity index (χ4n) is 0.942. The van der Waals surface area contributed by atoms with Gasteiger partial charge in [0.1, 0.15) is 0 Å². The molecular weight excluding hydrogens is 160 g/mol. The van der Waals surface area contributed by atoms with Gasteiger partial charge in [0.25, 0.3) is 0 Å². The zero-order valence-electron chi connectivity index (χ0n) is 7.59. The molecule has 0 aliphatic rings. The van der Waals surface area contributed by atoms with Gasteiger partial charge in [-0.3, -0.25) is 0 Å². The van der Waals surface area contributed by atoms with Crippen molar-refractivity contribution in [3.05, 3.63) is 0 Å². The van der Waals surface area contributed by atoms with Crippen LogP contribution < -0.4 is 0 Å². The molecule has 3 nitrogen and oxygen atoms in total. The monoisotopic (exact) mass is 178 g/mol. The Balaban J connectivity index is 3.84. The summed E-state index contributed by atoms with van der Waals surface area (Å²) in [6, 6.07) is 0.882. The van der Waals surface area contributed by atoms with E-state index in [9.17, 15) is 0 Å². The molecule has 0 fully saturated rings. The highest BCUT2D eigenvalue weighted by Crippen LogP contribution is 2.14. The van der Waals surface area contributed by atoms with Crippen molar-refractivity contribution in [3.63, 3.8) is 0 Å². The Morgan fingerprint density at radius 2 is 1.82 bits per heavy atom. The van der Waals surface area contributed by atoms with E-state index >= 15 is 0 Å². The maximum atomic E-state index is 9.01. The quantitative estimate of drug-likeness (QED) is 0.618. The van der Waals surface area contributed by atoms with Crippen molar-refractivity contribution in [3.8, 4) is 0 Å². The SMILES string of the molecule is CCCC[Si](CO)(OC)OC. The summed E-state index contributed by atoms with van der Waals surface area (Å²) in [5.41, 5.74) is 0. The molecule has 0 atom stereocenters. The lowest BCUT2D eigenvalue weighted by Gasteiger charge is -2.24. The number of rotatable bonds is 6. The fraction of sp³-hybridized carbons (Fsp3) is 1.00. The van der Waals surface area contributed by atoms with Crippen LogP contribution in [0.25, 0.3) is 0 Å². The summed E-state index contributed by atoms with van der Waals surface area (Å²) in [5.74, 6) is 0. The topological polar surface area (TPSA) is 38.7 Å². The highest BCUT2D eigenvalue weighted by atomic mass is 28.4. The molecule has 0 spiro atoms. The van der Waals surface area contributed by atoms with E-state index < -0.39 is 8.56 Å². The van der Waals surface area contributed by atoms with Gasteiger partial charge in [0, 0.05) is 14.2 Å². The maximum absolute atomic E-state index is 9.01. The summed E-state index contributed by atoms with van der Waals surface area (Å²) in [6.07, 6.45) is 2.23. The van der Waals surface area contributed by atoms with Crippen LogP contribution in [-0.4, -0.2) is 34.1 Å². The molecule has 0 bridgehead atoms. The number of unbranched alkanes of at least 4 members (excludes halogenated alkanes) is 1. The molecule has 68 valence electrons. The molecule has 0 heterocycles. The summed E-state index contributed by atoms with van der Waals surface area (Å²) in [5, 5.41) is 9.01. The molecule has 0 unspecified atom stereocenters. The summed E-state index contributed by atoms with van der Waals surface area (Å²) >= 11 is 0. The molecule has 0 aromatic carbocycles. The third kappa shape index (κ3) is 3.33. The molecule has 0 rings (SSSR count). The van der Waals surface area contributed by atoms with Gasteiger partial charge in [-0.15, -0.1) is 0 Å². The first-order valence-corrected chi connectivity index (χ1v) is 6.19. The van der Waals surface area contributed by atoms with Gasteiger partial charge in [0.05, 0.1) is 6.23 Å². The number of hydrogen-bond donors (Lipinski definition) is 1. The molecule has 1 N–H and O–H groups in total. The number of hydrogen-bond acceptors (Lipinski definition) is 3. The van der Waals surface area contributed by atoms with Crippen molar-refractivity contribution < 1.29 is 14.0 Å². The third-order valence-electron chi connectivity index (χ3n) is 1.90. The van der Waals surface area contributed by atoms with Crippen molar-refractivity contribution >= 4 is 8.56 Å². The van der Waals surface area contributed by atoms with Crippen LogP contribution in [0, 0.1) is 0 Å². The Morgan fingerprint density at radius 3 is 2.09 bits per heavy atom. The summed E-state index contributed by atoms with van der Waals surface area (Å²) < 4.78 is 10.4. The Labute approximate surface area is 69.6 Å². The van der Waals surface area contributed by atoms with Crippen LogP contribution in [0.1, 0.15) is 19.8 Å². The van der Waals surface area contributed by atoms with E-state index in [-0.39, 0.29) is 6.23 Å². The second kappa shape index (κ2) is 5.71. The van der Waals surface area contributed by atoms with Crippen LogP contribution in [0.5, 0.6) is 0 Å². The van der Waals surface area contributed by atoms with Gasteiger partial charge in [0.15, 0.2) is 0 Å². The van der Waals surface area contributed by atoms with Crippen molar-refractivity contribution in [1.82, 2.24) is 0 Å². The molecule has 0 radical (unpaired) electrons. The fourth-order valence-corrected chi connectivity index (χ4v) is 2.83. The normalized spacial score (nSPS) is 12.0. The number of aliphatic hydroxyl groups is 1. The van der Waals surface area contributed by atoms with E-state index in [1.54, 1.807) is 14.2 Å². The van der Waals surface area contributed by atoms with Gasteiger partial charge >= 0.3 is 8.56 Å². The second-order valence-electron chi connectivity index (χ2n) is 2.58. The third-order valence-corrected chi connectivity index (χ3v) is 4.98. The van der Waals surface area contributed by atoms with Gasteiger partial charge in [-0.1, -0.05) is 19.8 Å². The van der Waals surface area contributed by atoms with E-state index in [0.29, 0.717) is 0 Å². The van der Waals surface area contributed by atoms with Crippen LogP contribution in [0.3, 0.4) is 0 Å². The first-order chi connectivity index (χ1) is 5.24. The van der Waals surface area contributed by atoms with Gasteiger partial charge in [0.2, 0.25) is 0 Å². The van der Waals surface area contributed by atoms with Crippen molar-refractivity contribution in [1.29, 1.82) is 0 Å². The predicted octanol–water partition coefficient (Wildman–Crippen LogP) is 1.05. The maximum Gasteiger partial charge on any atom is 0.363 e. The smallest absolute Gasteiger partial charge is 0.363 e. The van der Waals surface area contributed by atoms with Crippen molar-refractivity contribution in [2.45, 2.75) is 25.8 Å². The summed E-state index contributed by atoms with van der Waals surface area (Å²) in [6.45, 7) is 2.11. The average Bonchev–Trinajstić information content (AvgIpc) is 2.08. The lowest BCUT2D eigenvalue weighted by molar-refractivity contribution is 0.196. The standard InChI is InChI=1S/C7H18O3Si/c1-4-5-6-11(7-8,9-2)10-3/h8H,4-7H2,1-3H3. The van der Waals surface area contributed by atoms with E-state index in [1.807, 2.05) is 0 Å². The molecule has 11 heavy (non-hydrogen) atoms. The van der Waals surface area contributed by atoms with E-state index in [0.717, 1.165) is 18.9 Å². The van der Waals surface area contributed by atoms with Crippen LogP contribution >= 0.6 is 0 Å². The Kier molecular flexibility index (Phi) is 5.76. The molecule has 0 aromatic heterocycles. The van der Waals surface area contributed by atoms with Crippen LogP contribution in [0.2, 0.25) is 6.04 Å². The average molecular weight is 178 g/mol. The van der Waals surface area contributed by atoms with E-state index in [4.69, 9.17) is 14.0 Å². The first-order valence-electron chi connectivity index (χ1n) is 3.96. The van der Waals surface area contributed by atoms with Gasteiger partial charge in [-0.25, -0.2) is 0 Å². The van der Waals surface area contributed by atoms with Crippen LogP contribution in [0.15, 0.2) is 0 Å². The molecule has 0 aromatic rings. The minimum absolute atomic E-state index is 0.0556. The largest absolute Gasteiger partial charge is 0.396 e. The van der Waals surface area contributed by atoms with E-state index in [2.05, 4.69) is 6.92 Å². The predicted molar refractivity (Wildman–Crippen MR) is 46.6 cm³/mol. The first kappa shape index (κ1) is 11.1. The molecular formula is C7H18O3Si. The highest BCUT2D eigenvalue weighted by molar-refractivity contribution is 6.67. The van der Waals surface area contributed by atoms with Crippen molar-refractivity contribution in [2.24, 2.45) is 0 Å². The van der Waals surface area contributed by atoms with Gasteiger partial charge < -0.3 is 14.0 Å². The molecule has 0 aliphatic carbocycles. The minimum Gasteiger partial charge on any atom is -0.396 e. The molecule has 4 heteroatoms. The summed E-state index contributed by atoms with van der Waals surface area (Å²) in [4.78, 5) is 0. The summed E-state index contributed by atoms with van der Waals surface area (Å²) in [7, 11) is 1.04. The highest BCUT2D eigenvalue weighted by Gasteiger charge is 2.33. The molecule has 0 saturated carbocycles. The van der Waals surface area contributed by atoms with Gasteiger partial charge in [-0.05, 0) is 6.04 Å². The lowest BCUT2D eigenvalue weighted by Crippen LogP contribution is -2.44. The van der Waals surface area contributed by atoms with Crippen LogP contribution in [0.4, 0.5) is 0 Å². The Bertz CT molecular complexity index is 85.4. The lowest BCUT2D eigenvalue weighted by atomic mass is 10.4. The zero-order valence-corrected chi connectivity index (χ0v) is 8.59. The molecule has 0 saturated heterocycles. The van der Waals surface area contributed by atoms with Crippen LogP contribution in [-0.2, 0) is 8.85 Å².